The van der Waals surface area contributed by atoms with Gasteiger partial charge in [-0.2, -0.15) is 0 Å². The van der Waals surface area contributed by atoms with Gasteiger partial charge in [-0.25, -0.2) is 0 Å². The predicted octanol–water partition coefficient (Wildman–Crippen LogP) is 7.26. The summed E-state index contributed by atoms with van der Waals surface area (Å²) >= 11 is 0. The van der Waals surface area contributed by atoms with E-state index < -0.39 is 24.4 Å². The van der Waals surface area contributed by atoms with Gasteiger partial charge >= 0.3 is 0 Å². The molecule has 0 aromatic carbocycles. The minimum absolute atomic E-state index is 0.0131. The van der Waals surface area contributed by atoms with Crippen molar-refractivity contribution in [1.82, 2.24) is 5.32 Å². The highest BCUT2D eigenvalue weighted by Gasteiger charge is 2.39. The fourth-order valence-electron chi connectivity index (χ4n) is 6.04. The molecule has 45 heavy (non-hydrogen) atoms. The molecule has 7 heteroatoms. The van der Waals surface area contributed by atoms with Gasteiger partial charge in [0.25, 0.3) is 0 Å². The van der Waals surface area contributed by atoms with Crippen LogP contribution in [0.3, 0.4) is 0 Å². The van der Waals surface area contributed by atoms with E-state index in [4.69, 9.17) is 0 Å². The number of aliphatic hydroxyl groups is 4. The number of carbonyl (C=O) groups excluding carboxylic acids is 2. The molecule has 0 saturated heterocycles. The summed E-state index contributed by atoms with van der Waals surface area (Å²) in [6, 6.07) is -0.724. The van der Waals surface area contributed by atoms with Crippen molar-refractivity contribution in [3.05, 3.63) is 36.5 Å². The van der Waals surface area contributed by atoms with Gasteiger partial charge in [0, 0.05) is 24.7 Å². The van der Waals surface area contributed by atoms with Gasteiger partial charge in [-0.3, -0.25) is 9.59 Å². The quantitative estimate of drug-likeness (QED) is 0.0456. The second-order valence-corrected chi connectivity index (χ2v) is 13.1. The van der Waals surface area contributed by atoms with Gasteiger partial charge in [0.15, 0.2) is 0 Å². The molecule has 0 heterocycles. The number of hydrogen-bond donors (Lipinski definition) is 5. The molecule has 6 atom stereocenters. The molecule has 7 nitrogen and oxygen atoms in total. The standard InChI is InChI=1S/C38H67NO6/c1-3-5-7-8-9-10-11-12-13-14-15-16-21-25-35(42)34(30-40)39-38(45)26-22-18-17-20-24-32-33(37(44)29-36(32)43)28-27-31(41)23-19-6-4-2/h17,20-21,25,27-28,31-36,40-43H,3-16,18-19,22-24,26,29-30H2,1-2H3,(H,39,45)/b20-17-,25-21+,28-27+/t31-,32+,33+,34-,35+,36-/m0/s1. The summed E-state index contributed by atoms with van der Waals surface area (Å²) in [6.07, 6.45) is 30.1. The highest BCUT2D eigenvalue weighted by molar-refractivity contribution is 5.86. The van der Waals surface area contributed by atoms with E-state index in [1.54, 1.807) is 18.2 Å². The molecule has 0 aromatic heterocycles. The zero-order valence-corrected chi connectivity index (χ0v) is 28.6. The zero-order valence-electron chi connectivity index (χ0n) is 28.6. The number of ketones is 1. The molecule has 0 aliphatic heterocycles. The molecule has 1 saturated carbocycles. The summed E-state index contributed by atoms with van der Waals surface area (Å²) in [5.41, 5.74) is 0. The number of rotatable bonds is 28. The molecular formula is C38H67NO6. The molecule has 0 aromatic rings. The lowest BCUT2D eigenvalue weighted by Crippen LogP contribution is -2.45. The number of amides is 1. The third-order valence-corrected chi connectivity index (χ3v) is 8.99. The van der Waals surface area contributed by atoms with Gasteiger partial charge < -0.3 is 25.7 Å². The summed E-state index contributed by atoms with van der Waals surface area (Å²) in [5, 5.41) is 43.4. The van der Waals surface area contributed by atoms with Crippen LogP contribution in [0.4, 0.5) is 0 Å². The topological polar surface area (TPSA) is 127 Å². The first-order chi connectivity index (χ1) is 21.8. The van der Waals surface area contributed by atoms with Crippen molar-refractivity contribution < 1.29 is 30.0 Å². The Morgan fingerprint density at radius 2 is 1.42 bits per heavy atom. The number of aliphatic hydroxyl groups excluding tert-OH is 4. The third-order valence-electron chi connectivity index (χ3n) is 8.99. The molecule has 0 radical (unpaired) electrons. The van der Waals surface area contributed by atoms with Crippen LogP contribution in [-0.4, -0.2) is 63.1 Å². The molecule has 1 fully saturated rings. The number of unbranched alkanes of at least 4 members (excludes halogenated alkanes) is 14. The maximum Gasteiger partial charge on any atom is 0.220 e. The van der Waals surface area contributed by atoms with Gasteiger partial charge in [0.2, 0.25) is 5.91 Å². The number of nitrogens with one attached hydrogen (secondary N) is 1. The van der Waals surface area contributed by atoms with Crippen molar-refractivity contribution in [3.63, 3.8) is 0 Å². The molecule has 1 amide bonds. The Bertz CT molecular complexity index is 840. The second-order valence-electron chi connectivity index (χ2n) is 13.1. The smallest absolute Gasteiger partial charge is 0.220 e. The van der Waals surface area contributed by atoms with Gasteiger partial charge in [0.05, 0.1) is 31.0 Å². The van der Waals surface area contributed by atoms with Crippen LogP contribution in [0.1, 0.15) is 149 Å². The van der Waals surface area contributed by atoms with E-state index in [1.165, 1.54) is 64.2 Å². The molecule has 1 aliphatic carbocycles. The molecular weight excluding hydrogens is 566 g/mol. The van der Waals surface area contributed by atoms with Crippen LogP contribution in [0.25, 0.3) is 0 Å². The van der Waals surface area contributed by atoms with Gasteiger partial charge in [-0.15, -0.1) is 0 Å². The van der Waals surface area contributed by atoms with Gasteiger partial charge in [-0.1, -0.05) is 134 Å². The summed E-state index contributed by atoms with van der Waals surface area (Å²) in [5.74, 6) is -0.781. The highest BCUT2D eigenvalue weighted by atomic mass is 16.3. The third kappa shape index (κ3) is 20.1. The first kappa shape index (κ1) is 41.2. The van der Waals surface area contributed by atoms with Gasteiger partial charge in [-0.05, 0) is 38.5 Å². The number of hydrogen-bond acceptors (Lipinski definition) is 6. The van der Waals surface area contributed by atoms with Crippen molar-refractivity contribution >= 4 is 11.7 Å². The molecule has 1 aliphatic rings. The van der Waals surface area contributed by atoms with Crippen LogP contribution in [0, 0.1) is 11.8 Å². The van der Waals surface area contributed by atoms with Crippen molar-refractivity contribution in [3.8, 4) is 0 Å². The van der Waals surface area contributed by atoms with Crippen LogP contribution in [0.15, 0.2) is 36.5 Å². The largest absolute Gasteiger partial charge is 0.394 e. The number of allylic oxidation sites excluding steroid dienone is 4. The Labute approximate surface area is 274 Å². The monoisotopic (exact) mass is 633 g/mol. The van der Waals surface area contributed by atoms with Crippen molar-refractivity contribution in [2.24, 2.45) is 11.8 Å². The minimum atomic E-state index is -0.924. The molecule has 5 N–H and O–H groups in total. The Morgan fingerprint density at radius 3 is 2.07 bits per heavy atom. The fraction of sp³-hybridized carbons (Fsp3) is 0.789. The Morgan fingerprint density at radius 1 is 0.822 bits per heavy atom. The molecule has 260 valence electrons. The highest BCUT2D eigenvalue weighted by Crippen LogP contribution is 2.33. The van der Waals surface area contributed by atoms with E-state index in [0.717, 1.165) is 32.1 Å². The van der Waals surface area contributed by atoms with Crippen LogP contribution >= 0.6 is 0 Å². The minimum Gasteiger partial charge on any atom is -0.394 e. The Kier molecular flexibility index (Phi) is 25.0. The van der Waals surface area contributed by atoms with Crippen molar-refractivity contribution in [2.75, 3.05) is 6.61 Å². The summed E-state index contributed by atoms with van der Waals surface area (Å²) < 4.78 is 0. The Balaban J connectivity index is 2.24. The van der Waals surface area contributed by atoms with Crippen LogP contribution in [0.5, 0.6) is 0 Å². The maximum absolute atomic E-state index is 12.4. The van der Waals surface area contributed by atoms with E-state index in [1.807, 2.05) is 18.2 Å². The Hall–Kier alpha value is -1.80. The summed E-state index contributed by atoms with van der Waals surface area (Å²) in [7, 11) is 0. The first-order valence-corrected chi connectivity index (χ1v) is 18.3. The predicted molar refractivity (Wildman–Crippen MR) is 185 cm³/mol. The lowest BCUT2D eigenvalue weighted by Gasteiger charge is -2.19. The number of carbonyl (C=O) groups is 2. The first-order valence-electron chi connectivity index (χ1n) is 18.3. The summed E-state index contributed by atoms with van der Waals surface area (Å²) in [6.45, 7) is 4.04. The summed E-state index contributed by atoms with van der Waals surface area (Å²) in [4.78, 5) is 24.8. The van der Waals surface area contributed by atoms with E-state index in [-0.39, 0.29) is 43.0 Å². The van der Waals surface area contributed by atoms with E-state index >= 15 is 0 Å². The van der Waals surface area contributed by atoms with Crippen molar-refractivity contribution in [1.29, 1.82) is 0 Å². The molecule has 1 rings (SSSR count). The zero-order chi connectivity index (χ0) is 33.1. The lowest BCUT2D eigenvalue weighted by atomic mass is 9.90. The normalized spacial score (nSPS) is 20.9. The average molecular weight is 634 g/mol. The number of Topliss-reactive ketones (excluding diaryl/α,β-unsaturated/α-hetero) is 1. The van der Waals surface area contributed by atoms with Crippen LogP contribution in [0.2, 0.25) is 0 Å². The van der Waals surface area contributed by atoms with E-state index in [0.29, 0.717) is 25.7 Å². The van der Waals surface area contributed by atoms with Crippen LogP contribution in [-0.2, 0) is 9.59 Å². The van der Waals surface area contributed by atoms with Gasteiger partial charge in [0.1, 0.15) is 5.78 Å². The molecule has 0 bridgehead atoms. The average Bonchev–Trinajstić information content (AvgIpc) is 3.29. The SMILES string of the molecule is CCCCCCCCCCCCC/C=C/[C@@H](O)[C@H](CO)NC(=O)CCC/C=C\C[C@H]1[C@@H](O)CC(=O)[C@@H]1/C=C/[C@@H](O)CCCCC. The maximum atomic E-state index is 12.4. The van der Waals surface area contributed by atoms with Crippen molar-refractivity contribution in [2.45, 2.75) is 173 Å². The lowest BCUT2D eigenvalue weighted by molar-refractivity contribution is -0.123. The fourth-order valence-corrected chi connectivity index (χ4v) is 6.04. The molecule has 0 spiro atoms. The second kappa shape index (κ2) is 27.3. The van der Waals surface area contributed by atoms with E-state index in [9.17, 15) is 30.0 Å². The van der Waals surface area contributed by atoms with E-state index in [2.05, 4.69) is 19.2 Å². The molecule has 0 unspecified atom stereocenters. The van der Waals surface area contributed by atoms with Crippen LogP contribution < -0.4 is 5.32 Å².